The van der Waals surface area contributed by atoms with Crippen LogP contribution in [0.15, 0.2) is 138 Å². The zero-order valence-corrected chi connectivity index (χ0v) is 23.3. The molecule has 8 nitrogen and oxygen atoms in total. The second kappa shape index (κ2) is 12.5. The van der Waals surface area contributed by atoms with Gasteiger partial charge in [0, 0.05) is 18.2 Å². The van der Waals surface area contributed by atoms with E-state index in [-0.39, 0.29) is 24.8 Å². The first kappa shape index (κ1) is 28.2. The minimum Gasteiger partial charge on any atom is -0.390 e. The largest absolute Gasteiger partial charge is 0.390 e. The summed E-state index contributed by atoms with van der Waals surface area (Å²) >= 11 is 0. The maximum absolute atomic E-state index is 12.9. The zero-order valence-electron chi connectivity index (χ0n) is 23.3. The summed E-state index contributed by atoms with van der Waals surface area (Å²) in [5.74, 6) is -0.236. The summed E-state index contributed by atoms with van der Waals surface area (Å²) in [7, 11) is 0. The highest BCUT2D eigenvalue weighted by Crippen LogP contribution is 2.41. The number of carbonyl (C=O) groups excluding carboxylic acids is 1. The number of hydrogen-bond acceptors (Lipinski definition) is 6. The number of aromatic nitrogens is 2. The van der Waals surface area contributed by atoms with Gasteiger partial charge in [-0.3, -0.25) is 9.36 Å². The van der Waals surface area contributed by atoms with Crippen molar-refractivity contribution < 1.29 is 19.4 Å². The van der Waals surface area contributed by atoms with E-state index in [0.29, 0.717) is 5.56 Å². The summed E-state index contributed by atoms with van der Waals surface area (Å²) in [6.07, 6.45) is -0.639. The molecule has 0 spiro atoms. The first-order chi connectivity index (χ1) is 21.0. The van der Waals surface area contributed by atoms with E-state index >= 15 is 0 Å². The van der Waals surface area contributed by atoms with E-state index in [9.17, 15) is 14.7 Å². The number of hydrogen-bond donors (Lipinski definition) is 2. The van der Waals surface area contributed by atoms with E-state index in [1.54, 1.807) is 24.3 Å². The number of carbonyl (C=O) groups is 1. The maximum Gasteiger partial charge on any atom is 0.351 e. The standard InChI is InChI=1S/C35H31N3O5/c39-29-23-32(38-22-21-31(37-34(38)41)36-33(40)25-13-5-1-6-14-25)43-30(29)24-42-35(26-15-7-2-8-16-26,27-17-9-3-10-18-27)28-19-11-4-12-20-28/h1-22,29-30,32,39H,23-24H2,(H,36,37,40,41)/t29?,30-,32-/m1/s1. The first-order valence-corrected chi connectivity index (χ1v) is 14.1. The molecule has 8 heteroatoms. The van der Waals surface area contributed by atoms with Crippen molar-refractivity contribution in [1.29, 1.82) is 0 Å². The Morgan fingerprint density at radius 3 is 1.86 bits per heavy atom. The molecule has 43 heavy (non-hydrogen) atoms. The Morgan fingerprint density at radius 1 is 0.837 bits per heavy atom. The van der Waals surface area contributed by atoms with Gasteiger partial charge in [-0.25, -0.2) is 4.79 Å². The van der Waals surface area contributed by atoms with Crippen molar-refractivity contribution in [3.8, 4) is 0 Å². The van der Waals surface area contributed by atoms with Gasteiger partial charge in [0.2, 0.25) is 0 Å². The van der Waals surface area contributed by atoms with Crippen LogP contribution in [0.3, 0.4) is 0 Å². The molecular weight excluding hydrogens is 542 g/mol. The van der Waals surface area contributed by atoms with Crippen LogP contribution in [0.25, 0.3) is 0 Å². The third-order valence-electron chi connectivity index (χ3n) is 7.63. The van der Waals surface area contributed by atoms with E-state index in [1.165, 1.54) is 16.8 Å². The zero-order chi connectivity index (χ0) is 29.6. The number of rotatable bonds is 9. The van der Waals surface area contributed by atoms with Crippen LogP contribution in [0.5, 0.6) is 0 Å². The highest BCUT2D eigenvalue weighted by Gasteiger charge is 2.41. The van der Waals surface area contributed by atoms with Gasteiger partial charge in [0.15, 0.2) is 0 Å². The Hall–Kier alpha value is -4.89. The smallest absolute Gasteiger partial charge is 0.351 e. The molecule has 3 atom stereocenters. The molecule has 1 aliphatic heterocycles. The van der Waals surface area contributed by atoms with Crippen LogP contribution < -0.4 is 11.0 Å². The van der Waals surface area contributed by atoms with Gasteiger partial charge >= 0.3 is 5.69 Å². The normalized spacial score (nSPS) is 18.3. The minimum atomic E-state index is -0.970. The van der Waals surface area contributed by atoms with Crippen LogP contribution >= 0.6 is 0 Å². The summed E-state index contributed by atoms with van der Waals surface area (Å²) in [5, 5.41) is 13.7. The molecule has 4 aromatic carbocycles. The number of amides is 1. The lowest BCUT2D eigenvalue weighted by Gasteiger charge is -2.37. The maximum atomic E-state index is 12.9. The SMILES string of the molecule is O=C(Nc1ccn([C@H]2CC(O)[C@@H](COC(c3ccccc3)(c3ccccc3)c3ccccc3)O2)c(=O)n1)c1ccccc1. The van der Waals surface area contributed by atoms with Gasteiger partial charge < -0.3 is 19.9 Å². The van der Waals surface area contributed by atoms with Crippen LogP contribution in [0.2, 0.25) is 0 Å². The predicted octanol–water partition coefficient (Wildman–Crippen LogP) is 5.15. The summed E-state index contributed by atoms with van der Waals surface area (Å²) in [6.45, 7) is 0.0593. The quantitative estimate of drug-likeness (QED) is 0.237. The second-order valence-corrected chi connectivity index (χ2v) is 10.3. The Balaban J connectivity index is 1.23. The van der Waals surface area contributed by atoms with E-state index < -0.39 is 29.7 Å². The van der Waals surface area contributed by atoms with Crippen molar-refractivity contribution in [3.63, 3.8) is 0 Å². The number of nitrogens with zero attached hydrogens (tertiary/aromatic N) is 2. The van der Waals surface area contributed by atoms with E-state index in [1.807, 2.05) is 97.1 Å². The van der Waals surface area contributed by atoms with Crippen molar-refractivity contribution in [2.45, 2.75) is 30.5 Å². The summed E-state index contributed by atoms with van der Waals surface area (Å²) in [6, 6.07) is 40.1. The lowest BCUT2D eigenvalue weighted by Crippen LogP contribution is -2.38. The van der Waals surface area contributed by atoms with Crippen molar-refractivity contribution in [2.24, 2.45) is 0 Å². The second-order valence-electron chi connectivity index (χ2n) is 10.3. The summed E-state index contributed by atoms with van der Waals surface area (Å²) in [5.41, 5.74) is 1.69. The van der Waals surface area contributed by atoms with Crippen LogP contribution in [0.4, 0.5) is 5.82 Å². The molecule has 0 radical (unpaired) electrons. The number of aliphatic hydroxyl groups is 1. The van der Waals surface area contributed by atoms with Crippen LogP contribution in [0, 0.1) is 0 Å². The monoisotopic (exact) mass is 573 g/mol. The summed E-state index contributed by atoms with van der Waals surface area (Å²) in [4.78, 5) is 29.4. The topological polar surface area (TPSA) is 103 Å². The van der Waals surface area contributed by atoms with E-state index in [2.05, 4.69) is 10.3 Å². The molecule has 0 aliphatic carbocycles. The van der Waals surface area contributed by atoms with Crippen LogP contribution in [-0.4, -0.2) is 39.4 Å². The van der Waals surface area contributed by atoms with E-state index in [4.69, 9.17) is 9.47 Å². The Labute approximate surface area is 249 Å². The molecule has 5 aromatic rings. The van der Waals surface area contributed by atoms with Crippen LogP contribution in [0.1, 0.15) is 39.7 Å². The van der Waals surface area contributed by atoms with Crippen LogP contribution in [-0.2, 0) is 15.1 Å². The van der Waals surface area contributed by atoms with Gasteiger partial charge in [-0.15, -0.1) is 0 Å². The van der Waals surface area contributed by atoms with Gasteiger partial charge in [0.05, 0.1) is 12.7 Å². The molecule has 1 saturated heterocycles. The number of anilines is 1. The van der Waals surface area contributed by atoms with Gasteiger partial charge in [-0.1, -0.05) is 109 Å². The third kappa shape index (κ3) is 5.89. The molecule has 0 saturated carbocycles. The number of benzene rings is 4. The fraction of sp³-hybridized carbons (Fsp3) is 0.171. The highest BCUT2D eigenvalue weighted by atomic mass is 16.6. The Kier molecular flexibility index (Phi) is 8.24. The fourth-order valence-electron chi connectivity index (χ4n) is 5.49. The average Bonchev–Trinajstić information content (AvgIpc) is 3.43. The van der Waals surface area contributed by atoms with Crippen molar-refractivity contribution in [3.05, 3.63) is 166 Å². The molecule has 1 aliphatic rings. The van der Waals surface area contributed by atoms with Crippen molar-refractivity contribution >= 4 is 11.7 Å². The highest BCUT2D eigenvalue weighted by molar-refractivity contribution is 6.03. The fourth-order valence-corrected chi connectivity index (χ4v) is 5.49. The van der Waals surface area contributed by atoms with Gasteiger partial charge in [0.1, 0.15) is 23.8 Å². The van der Waals surface area contributed by atoms with Gasteiger partial charge in [0.25, 0.3) is 5.91 Å². The average molecular weight is 574 g/mol. The Bertz CT molecular complexity index is 1620. The Morgan fingerprint density at radius 2 is 1.35 bits per heavy atom. The molecule has 1 unspecified atom stereocenters. The molecule has 1 amide bonds. The van der Waals surface area contributed by atoms with E-state index in [0.717, 1.165) is 16.7 Å². The third-order valence-corrected chi connectivity index (χ3v) is 7.63. The molecule has 2 N–H and O–H groups in total. The molecule has 0 bridgehead atoms. The molecule has 216 valence electrons. The molecule has 1 aromatic heterocycles. The molecule has 6 rings (SSSR count). The van der Waals surface area contributed by atoms with Gasteiger partial charge in [-0.05, 0) is 34.9 Å². The summed E-state index contributed by atoms with van der Waals surface area (Å²) < 4.78 is 14.3. The number of nitrogens with one attached hydrogen (secondary N) is 1. The number of ether oxygens (including phenoxy) is 2. The van der Waals surface area contributed by atoms with Crippen molar-refractivity contribution in [1.82, 2.24) is 9.55 Å². The lowest BCUT2D eigenvalue weighted by molar-refractivity contribution is -0.0943. The molecule has 2 heterocycles. The molecule has 1 fully saturated rings. The molecular formula is C35H31N3O5. The lowest BCUT2D eigenvalue weighted by atomic mass is 9.80. The van der Waals surface area contributed by atoms with Gasteiger partial charge in [-0.2, -0.15) is 4.98 Å². The minimum absolute atomic E-state index is 0.0593. The van der Waals surface area contributed by atoms with Crippen molar-refractivity contribution in [2.75, 3.05) is 11.9 Å². The predicted molar refractivity (Wildman–Crippen MR) is 163 cm³/mol. The number of aliphatic hydroxyl groups excluding tert-OH is 1. The first-order valence-electron chi connectivity index (χ1n) is 14.1.